The average Bonchev–Trinajstić information content (AvgIpc) is 3.36. The fourth-order valence-corrected chi connectivity index (χ4v) is 3.53. The molecule has 0 fully saturated rings. The van der Waals surface area contributed by atoms with E-state index >= 15 is 0 Å². The van der Waals surface area contributed by atoms with Crippen molar-refractivity contribution in [3.05, 3.63) is 53.2 Å². The first-order valence-corrected chi connectivity index (χ1v) is 9.39. The molecule has 0 aliphatic rings. The summed E-state index contributed by atoms with van der Waals surface area (Å²) in [7, 11) is 0. The average molecular weight is 370 g/mol. The fourth-order valence-electron chi connectivity index (χ4n) is 2.17. The number of aromatic nitrogens is 4. The first-order valence-electron chi connectivity index (χ1n) is 7.63. The minimum atomic E-state index is -0.0902. The van der Waals surface area contributed by atoms with Crippen LogP contribution in [-0.4, -0.2) is 20.4 Å². The van der Waals surface area contributed by atoms with Crippen LogP contribution in [0.15, 0.2) is 55.8 Å². The molecule has 0 aliphatic heterocycles. The molecule has 1 aromatic carbocycles. The topological polar surface area (TPSA) is 77.8 Å². The van der Waals surface area contributed by atoms with Gasteiger partial charge in [0.2, 0.25) is 11.8 Å². The molecular weight excluding hydrogens is 356 g/mol. The molecule has 0 aliphatic carbocycles. The molecule has 6 nitrogen and oxygen atoms in total. The van der Waals surface area contributed by atoms with E-state index in [1.807, 2.05) is 55.6 Å². The van der Waals surface area contributed by atoms with Gasteiger partial charge in [-0.15, -0.1) is 31.7 Å². The van der Waals surface area contributed by atoms with Crippen molar-refractivity contribution in [1.82, 2.24) is 20.4 Å². The molecule has 4 aromatic rings. The van der Waals surface area contributed by atoms with Gasteiger partial charge in [-0.25, -0.2) is 0 Å². The zero-order valence-corrected chi connectivity index (χ0v) is 15.2. The number of thioether (sulfide) groups is 1. The second-order valence-corrected chi connectivity index (χ2v) is 7.66. The van der Waals surface area contributed by atoms with E-state index in [0.717, 1.165) is 10.4 Å². The lowest BCUT2D eigenvalue weighted by Crippen LogP contribution is -1.88. The third kappa shape index (κ3) is 3.49. The SMILES string of the molecule is Cc1ccc(-c2nnc(SC(C)c3nnc(-c4cccs4)o3)o2)cc1. The van der Waals surface area contributed by atoms with Crippen molar-refractivity contribution in [2.24, 2.45) is 0 Å². The lowest BCUT2D eigenvalue weighted by molar-refractivity contribution is 0.461. The summed E-state index contributed by atoms with van der Waals surface area (Å²) in [4.78, 5) is 0.954. The van der Waals surface area contributed by atoms with Gasteiger partial charge in [0.1, 0.15) is 0 Å². The second-order valence-electron chi connectivity index (χ2n) is 5.42. The van der Waals surface area contributed by atoms with Gasteiger partial charge in [0.15, 0.2) is 0 Å². The number of benzene rings is 1. The Morgan fingerprint density at radius 3 is 2.52 bits per heavy atom. The van der Waals surface area contributed by atoms with E-state index in [4.69, 9.17) is 8.83 Å². The number of thiophene rings is 1. The maximum Gasteiger partial charge on any atom is 0.277 e. The molecule has 3 heterocycles. The maximum absolute atomic E-state index is 5.74. The molecule has 1 atom stereocenters. The normalized spacial score (nSPS) is 12.4. The first kappa shape index (κ1) is 16.0. The molecule has 8 heteroatoms. The second kappa shape index (κ2) is 6.81. The molecule has 1 unspecified atom stereocenters. The molecule has 25 heavy (non-hydrogen) atoms. The fraction of sp³-hybridized carbons (Fsp3) is 0.176. The molecule has 0 radical (unpaired) electrons. The van der Waals surface area contributed by atoms with Gasteiger partial charge in [0.05, 0.1) is 10.1 Å². The van der Waals surface area contributed by atoms with E-state index in [-0.39, 0.29) is 5.25 Å². The summed E-state index contributed by atoms with van der Waals surface area (Å²) < 4.78 is 11.5. The standard InChI is InChI=1S/C17H14N4O2S2/c1-10-5-7-12(8-6-10)15-19-21-17(23-15)25-11(2)14-18-20-16(22-14)13-4-3-9-24-13/h3-9,11H,1-2H3. The number of hydrogen-bond donors (Lipinski definition) is 0. The van der Waals surface area contributed by atoms with Gasteiger partial charge in [-0.2, -0.15) is 0 Å². The molecule has 126 valence electrons. The van der Waals surface area contributed by atoms with Crippen LogP contribution >= 0.6 is 23.1 Å². The van der Waals surface area contributed by atoms with Crippen LogP contribution in [-0.2, 0) is 0 Å². The van der Waals surface area contributed by atoms with E-state index in [1.54, 1.807) is 11.3 Å². The van der Waals surface area contributed by atoms with Crippen molar-refractivity contribution in [1.29, 1.82) is 0 Å². The lowest BCUT2D eigenvalue weighted by Gasteiger charge is -2.01. The number of nitrogens with zero attached hydrogens (tertiary/aromatic N) is 4. The van der Waals surface area contributed by atoms with Gasteiger partial charge in [-0.05, 0) is 37.4 Å². The Bertz CT molecular complexity index is 961. The van der Waals surface area contributed by atoms with Crippen LogP contribution in [0.2, 0.25) is 0 Å². The van der Waals surface area contributed by atoms with Gasteiger partial charge in [-0.3, -0.25) is 0 Å². The molecule has 0 N–H and O–H groups in total. The van der Waals surface area contributed by atoms with Gasteiger partial charge in [-0.1, -0.05) is 35.5 Å². The highest BCUT2D eigenvalue weighted by Gasteiger charge is 2.20. The third-order valence-corrected chi connectivity index (χ3v) is 5.28. The predicted molar refractivity (Wildman–Crippen MR) is 96.4 cm³/mol. The van der Waals surface area contributed by atoms with E-state index in [1.165, 1.54) is 17.3 Å². The van der Waals surface area contributed by atoms with E-state index < -0.39 is 0 Å². The summed E-state index contributed by atoms with van der Waals surface area (Å²) in [5.41, 5.74) is 2.08. The number of aryl methyl sites for hydroxylation is 1. The lowest BCUT2D eigenvalue weighted by atomic mass is 10.1. The molecule has 0 saturated heterocycles. The van der Waals surface area contributed by atoms with Crippen molar-refractivity contribution in [3.8, 4) is 22.2 Å². The zero-order chi connectivity index (χ0) is 17.2. The highest BCUT2D eigenvalue weighted by Crippen LogP contribution is 2.36. The molecule has 0 amide bonds. The monoisotopic (exact) mass is 370 g/mol. The van der Waals surface area contributed by atoms with E-state index in [9.17, 15) is 0 Å². The summed E-state index contributed by atoms with van der Waals surface area (Å²) in [6.45, 7) is 4.00. The predicted octanol–water partition coefficient (Wildman–Crippen LogP) is 5.01. The van der Waals surface area contributed by atoms with Crippen LogP contribution in [0, 0.1) is 6.92 Å². The quantitative estimate of drug-likeness (QED) is 0.457. The van der Waals surface area contributed by atoms with Gasteiger partial charge in [0, 0.05) is 5.56 Å². The maximum atomic E-state index is 5.74. The van der Waals surface area contributed by atoms with Crippen LogP contribution in [0.4, 0.5) is 0 Å². The van der Waals surface area contributed by atoms with Crippen LogP contribution in [0.25, 0.3) is 22.2 Å². The van der Waals surface area contributed by atoms with Crippen molar-refractivity contribution < 1.29 is 8.83 Å². The highest BCUT2D eigenvalue weighted by atomic mass is 32.2. The zero-order valence-electron chi connectivity index (χ0n) is 13.5. The minimum absolute atomic E-state index is 0.0902. The van der Waals surface area contributed by atoms with Gasteiger partial charge < -0.3 is 8.83 Å². The summed E-state index contributed by atoms with van der Waals surface area (Å²) >= 11 is 2.96. The van der Waals surface area contributed by atoms with E-state index in [2.05, 4.69) is 20.4 Å². The van der Waals surface area contributed by atoms with Crippen LogP contribution in [0.5, 0.6) is 0 Å². The third-order valence-electron chi connectivity index (χ3n) is 3.50. The van der Waals surface area contributed by atoms with Crippen molar-refractivity contribution in [3.63, 3.8) is 0 Å². The van der Waals surface area contributed by atoms with Crippen LogP contribution in [0.3, 0.4) is 0 Å². The van der Waals surface area contributed by atoms with Gasteiger partial charge in [0.25, 0.3) is 11.1 Å². The molecule has 0 saturated carbocycles. The van der Waals surface area contributed by atoms with E-state index in [0.29, 0.717) is 22.9 Å². The Hall–Kier alpha value is -2.45. The summed E-state index contributed by atoms with van der Waals surface area (Å²) in [5, 5.41) is 18.8. The smallest absolute Gasteiger partial charge is 0.277 e. The Balaban J connectivity index is 1.48. The number of rotatable bonds is 5. The Kier molecular flexibility index (Phi) is 4.37. The molecule has 3 aromatic heterocycles. The summed E-state index contributed by atoms with van der Waals surface area (Å²) in [5.74, 6) is 1.56. The van der Waals surface area contributed by atoms with Crippen LogP contribution < -0.4 is 0 Å². The largest absolute Gasteiger partial charge is 0.419 e. The molecule has 0 bridgehead atoms. The van der Waals surface area contributed by atoms with Gasteiger partial charge >= 0.3 is 0 Å². The Labute approximate surface area is 152 Å². The summed E-state index contributed by atoms with van der Waals surface area (Å²) in [6, 6.07) is 11.9. The first-order chi connectivity index (χ1) is 12.2. The summed E-state index contributed by atoms with van der Waals surface area (Å²) in [6.07, 6.45) is 0. The van der Waals surface area contributed by atoms with Crippen LogP contribution in [0.1, 0.15) is 23.6 Å². The van der Waals surface area contributed by atoms with Crippen molar-refractivity contribution in [2.45, 2.75) is 24.3 Å². The Morgan fingerprint density at radius 2 is 1.76 bits per heavy atom. The van der Waals surface area contributed by atoms with Crippen molar-refractivity contribution in [2.75, 3.05) is 0 Å². The molecular formula is C17H14N4O2S2. The highest BCUT2D eigenvalue weighted by molar-refractivity contribution is 7.99. The number of hydrogen-bond acceptors (Lipinski definition) is 8. The molecule has 4 rings (SSSR count). The van der Waals surface area contributed by atoms with Crippen molar-refractivity contribution >= 4 is 23.1 Å². The molecule has 0 spiro atoms. The minimum Gasteiger partial charge on any atom is -0.419 e. The Morgan fingerprint density at radius 1 is 0.960 bits per heavy atom.